The number of nitrogens with one attached hydrogen (secondary N) is 3. The lowest BCUT2D eigenvalue weighted by Crippen LogP contribution is -2.22. The summed E-state index contributed by atoms with van der Waals surface area (Å²) in [7, 11) is -3.87. The predicted octanol–water partition coefficient (Wildman–Crippen LogP) is 4.33. The van der Waals surface area contributed by atoms with Crippen molar-refractivity contribution in [2.24, 2.45) is 0 Å². The summed E-state index contributed by atoms with van der Waals surface area (Å²) in [6.07, 6.45) is 1.48. The van der Waals surface area contributed by atoms with E-state index in [-0.39, 0.29) is 45.0 Å². The molecule has 2 aromatic heterocycles. The van der Waals surface area contributed by atoms with Crippen LogP contribution >= 0.6 is 0 Å². The fourth-order valence-corrected chi connectivity index (χ4v) is 4.18. The number of nitrogens with zero attached hydrogens (tertiary/aromatic N) is 1. The fourth-order valence-electron chi connectivity index (χ4n) is 3.64. The monoisotopic (exact) mass is 528 g/mol. The van der Waals surface area contributed by atoms with Gasteiger partial charge in [-0.05, 0) is 50.2 Å². The fraction of sp³-hybridized carbons (Fsp3) is 0.120. The van der Waals surface area contributed by atoms with Gasteiger partial charge in [0.15, 0.2) is 17.3 Å². The van der Waals surface area contributed by atoms with Crippen molar-refractivity contribution >= 4 is 32.7 Å². The number of rotatable bonds is 8. The van der Waals surface area contributed by atoms with E-state index in [0.29, 0.717) is 18.2 Å². The average molecular weight is 529 g/mol. The Morgan fingerprint density at radius 1 is 1.16 bits per heavy atom. The minimum absolute atomic E-state index is 0.0529. The van der Waals surface area contributed by atoms with Gasteiger partial charge in [0.2, 0.25) is 5.43 Å². The van der Waals surface area contributed by atoms with Gasteiger partial charge >= 0.3 is 0 Å². The summed E-state index contributed by atoms with van der Waals surface area (Å²) in [5, 5.41) is 3.38. The zero-order valence-electron chi connectivity index (χ0n) is 19.8. The molecule has 2 aromatic carbocycles. The maximum atomic E-state index is 14.4. The van der Waals surface area contributed by atoms with Crippen LogP contribution in [0.4, 0.5) is 14.5 Å². The van der Waals surface area contributed by atoms with Crippen LogP contribution in [0.1, 0.15) is 23.0 Å². The molecule has 0 radical (unpaired) electrons. The summed E-state index contributed by atoms with van der Waals surface area (Å²) in [5.41, 5.74) is 0.796. The lowest BCUT2D eigenvalue weighted by molar-refractivity contribution is 0.0951. The SMILES string of the molecule is C=CS(=O)(=O)Nc1ccc(Oc2ccc(F)cc2F)c(-n2cc(C)c(=O)c3[nH]c(C(=O)NCC)cc32)c1. The molecule has 1 amide bonds. The molecule has 4 rings (SSSR count). The summed E-state index contributed by atoms with van der Waals surface area (Å²) in [6, 6.07) is 8.43. The second-order valence-electron chi connectivity index (χ2n) is 7.99. The molecule has 0 fully saturated rings. The third-order valence-corrected chi connectivity index (χ3v) is 6.32. The maximum absolute atomic E-state index is 14.4. The van der Waals surface area contributed by atoms with E-state index in [1.165, 1.54) is 35.0 Å². The van der Waals surface area contributed by atoms with Crippen LogP contribution in [0, 0.1) is 18.6 Å². The third-order valence-electron chi connectivity index (χ3n) is 5.36. The van der Waals surface area contributed by atoms with E-state index in [0.717, 1.165) is 17.5 Å². The lowest BCUT2D eigenvalue weighted by Gasteiger charge is -2.17. The Kier molecular flexibility index (Phi) is 6.86. The molecule has 2 heterocycles. The lowest BCUT2D eigenvalue weighted by atomic mass is 10.2. The number of amides is 1. The highest BCUT2D eigenvalue weighted by atomic mass is 32.2. The average Bonchev–Trinajstić information content (AvgIpc) is 3.30. The number of pyridine rings is 1. The topological polar surface area (TPSA) is 122 Å². The van der Waals surface area contributed by atoms with Gasteiger partial charge in [0.25, 0.3) is 15.9 Å². The number of aromatic amines is 1. The molecule has 4 aromatic rings. The Labute approximate surface area is 210 Å². The van der Waals surface area contributed by atoms with Crippen LogP contribution < -0.4 is 20.2 Å². The minimum Gasteiger partial charge on any atom is -0.452 e. The van der Waals surface area contributed by atoms with Crippen LogP contribution in [0.25, 0.3) is 16.7 Å². The Hall–Kier alpha value is -4.45. The first kappa shape index (κ1) is 25.6. The molecule has 3 N–H and O–H groups in total. The van der Waals surface area contributed by atoms with E-state index in [1.54, 1.807) is 13.8 Å². The quantitative estimate of drug-likeness (QED) is 0.314. The van der Waals surface area contributed by atoms with Gasteiger partial charge in [-0.3, -0.25) is 14.3 Å². The number of aromatic nitrogens is 2. The molecule has 0 aliphatic carbocycles. The maximum Gasteiger partial charge on any atom is 0.267 e. The number of sulfonamides is 1. The Morgan fingerprint density at radius 3 is 2.57 bits per heavy atom. The summed E-state index contributed by atoms with van der Waals surface area (Å²) in [5.74, 6) is -2.41. The smallest absolute Gasteiger partial charge is 0.267 e. The van der Waals surface area contributed by atoms with E-state index in [2.05, 4.69) is 21.6 Å². The van der Waals surface area contributed by atoms with Gasteiger partial charge in [0.05, 0.1) is 16.9 Å². The van der Waals surface area contributed by atoms with Gasteiger partial charge in [0, 0.05) is 29.8 Å². The highest BCUT2D eigenvalue weighted by molar-refractivity contribution is 7.95. The van der Waals surface area contributed by atoms with Crippen molar-refractivity contribution < 1.29 is 26.7 Å². The Bertz CT molecular complexity index is 1710. The van der Waals surface area contributed by atoms with E-state index < -0.39 is 27.6 Å². The second-order valence-corrected chi connectivity index (χ2v) is 9.61. The van der Waals surface area contributed by atoms with Gasteiger partial charge in [0.1, 0.15) is 17.0 Å². The highest BCUT2D eigenvalue weighted by Gasteiger charge is 2.19. The Morgan fingerprint density at radius 2 is 1.89 bits per heavy atom. The number of fused-ring (bicyclic) bond motifs is 1. The molecular weight excluding hydrogens is 506 g/mol. The van der Waals surface area contributed by atoms with Gasteiger partial charge < -0.3 is 19.6 Å². The van der Waals surface area contributed by atoms with Gasteiger partial charge in [-0.25, -0.2) is 17.2 Å². The molecule has 37 heavy (non-hydrogen) atoms. The number of halogens is 2. The molecule has 9 nitrogen and oxygen atoms in total. The standard InChI is InChI=1S/C25H22F2N4O5S/c1-4-28-25(33)18-12-20-23(29-18)24(32)14(3)13-31(20)19-11-16(30-37(34,35)5-2)7-9-22(19)36-21-8-6-15(26)10-17(21)27/h5-13,29-30H,2,4H2,1,3H3,(H,28,33). The number of H-pyrrole nitrogens is 1. The number of carbonyl (C=O) groups excluding carboxylic acids is 1. The van der Waals surface area contributed by atoms with Gasteiger partial charge in [-0.2, -0.15) is 0 Å². The molecule has 0 saturated carbocycles. The zero-order chi connectivity index (χ0) is 26.9. The van der Waals surface area contributed by atoms with Crippen LogP contribution in [0.5, 0.6) is 11.5 Å². The number of benzene rings is 2. The van der Waals surface area contributed by atoms with E-state index in [1.807, 2.05) is 0 Å². The summed E-state index contributed by atoms with van der Waals surface area (Å²) in [6.45, 7) is 6.94. The number of carbonyl (C=O) groups is 1. The molecule has 192 valence electrons. The van der Waals surface area contributed by atoms with Crippen molar-refractivity contribution in [1.29, 1.82) is 0 Å². The van der Waals surface area contributed by atoms with Gasteiger partial charge in [-0.1, -0.05) is 6.58 Å². The number of ether oxygens (including phenoxy) is 1. The molecule has 0 unspecified atom stereocenters. The first-order chi connectivity index (χ1) is 17.5. The molecule has 0 spiro atoms. The van der Waals surface area contributed by atoms with E-state index in [4.69, 9.17) is 4.74 Å². The van der Waals surface area contributed by atoms with Crippen LogP contribution in [-0.4, -0.2) is 30.4 Å². The minimum atomic E-state index is -3.87. The van der Waals surface area contributed by atoms with Gasteiger partial charge in [-0.15, -0.1) is 0 Å². The normalized spacial score (nSPS) is 11.4. The van der Waals surface area contributed by atoms with E-state index in [9.17, 15) is 26.8 Å². The molecule has 0 aliphatic rings. The van der Waals surface area contributed by atoms with Crippen molar-refractivity contribution in [2.45, 2.75) is 13.8 Å². The Balaban J connectivity index is 1.97. The molecule has 0 bridgehead atoms. The molecule has 0 aliphatic heterocycles. The summed E-state index contributed by atoms with van der Waals surface area (Å²) >= 11 is 0. The number of hydrogen-bond donors (Lipinski definition) is 3. The predicted molar refractivity (Wildman–Crippen MR) is 136 cm³/mol. The largest absolute Gasteiger partial charge is 0.452 e. The van der Waals surface area contributed by atoms with Crippen LogP contribution in [0.2, 0.25) is 0 Å². The third kappa shape index (κ3) is 5.23. The van der Waals surface area contributed by atoms with Crippen LogP contribution in [-0.2, 0) is 10.0 Å². The second kappa shape index (κ2) is 9.90. The van der Waals surface area contributed by atoms with Crippen molar-refractivity contribution in [3.05, 3.63) is 93.8 Å². The van der Waals surface area contributed by atoms with Crippen molar-refractivity contribution in [2.75, 3.05) is 11.3 Å². The first-order valence-electron chi connectivity index (χ1n) is 11.0. The zero-order valence-corrected chi connectivity index (χ0v) is 20.6. The van der Waals surface area contributed by atoms with Crippen molar-refractivity contribution in [3.8, 4) is 17.2 Å². The highest BCUT2D eigenvalue weighted by Crippen LogP contribution is 2.34. The van der Waals surface area contributed by atoms with Crippen molar-refractivity contribution in [1.82, 2.24) is 14.9 Å². The number of hydrogen-bond acceptors (Lipinski definition) is 5. The molecule has 0 atom stereocenters. The summed E-state index contributed by atoms with van der Waals surface area (Å²) in [4.78, 5) is 28.1. The van der Waals surface area contributed by atoms with Crippen LogP contribution in [0.3, 0.4) is 0 Å². The molecular formula is C25H22F2N4O5S. The molecule has 12 heteroatoms. The van der Waals surface area contributed by atoms with E-state index >= 15 is 0 Å². The number of anilines is 1. The van der Waals surface area contributed by atoms with Crippen LogP contribution in [0.15, 0.2) is 65.4 Å². The number of aryl methyl sites for hydroxylation is 1. The first-order valence-corrected chi connectivity index (χ1v) is 12.5. The molecule has 0 saturated heterocycles. The summed E-state index contributed by atoms with van der Waals surface area (Å²) < 4.78 is 61.5. The van der Waals surface area contributed by atoms with Crippen molar-refractivity contribution in [3.63, 3.8) is 0 Å².